The average molecular weight is 524 g/mol. The highest BCUT2D eigenvalue weighted by Gasteiger charge is 2.20. The molecule has 0 aliphatic rings. The Morgan fingerprint density at radius 3 is 2.67 bits per heavy atom. The maximum atomic E-state index is 12.8. The lowest BCUT2D eigenvalue weighted by atomic mass is 10.0. The van der Waals surface area contributed by atoms with Gasteiger partial charge in [-0.15, -0.1) is 22.7 Å². The van der Waals surface area contributed by atoms with Crippen LogP contribution >= 0.6 is 45.3 Å². The zero-order valence-corrected chi connectivity index (χ0v) is 19.0. The minimum atomic E-state index is -1.08. The smallest absolute Gasteiger partial charge is 0.127 e. The van der Waals surface area contributed by atoms with Gasteiger partial charge in [-0.25, -0.2) is 4.98 Å². The predicted octanol–water partition coefficient (Wildman–Crippen LogP) is 6.21. The van der Waals surface area contributed by atoms with Crippen LogP contribution in [0.3, 0.4) is 0 Å². The van der Waals surface area contributed by atoms with Crippen LogP contribution < -0.4 is 5.73 Å². The van der Waals surface area contributed by atoms with E-state index in [1.807, 2.05) is 24.3 Å². The van der Waals surface area contributed by atoms with Crippen LogP contribution in [-0.4, -0.2) is 19.4 Å². The Hall–Kier alpha value is -1.29. The second kappa shape index (κ2) is 8.38. The Kier molecular flexibility index (Phi) is 5.91. The number of anilines is 1. The molecule has 3 aromatic heterocycles. The molecular formula is C20H17IN2OS3. The molecule has 0 aliphatic heterocycles. The molecule has 138 valence electrons. The molecule has 3 heterocycles. The van der Waals surface area contributed by atoms with Crippen LogP contribution in [0.15, 0.2) is 58.1 Å². The normalized spacial score (nSPS) is 12.5. The van der Waals surface area contributed by atoms with Gasteiger partial charge < -0.3 is 5.73 Å². The second-order valence-corrected chi connectivity index (χ2v) is 10.8. The number of halogens is 1. The van der Waals surface area contributed by atoms with E-state index in [-0.39, 0.29) is 0 Å². The summed E-state index contributed by atoms with van der Waals surface area (Å²) in [6.45, 7) is 0. The van der Waals surface area contributed by atoms with Crippen molar-refractivity contribution >= 4 is 72.0 Å². The molecule has 0 saturated heterocycles. The van der Waals surface area contributed by atoms with E-state index in [9.17, 15) is 4.21 Å². The number of hydrogen-bond acceptors (Lipinski definition) is 5. The van der Waals surface area contributed by atoms with Gasteiger partial charge in [0.1, 0.15) is 9.04 Å². The molecule has 0 bridgehead atoms. The van der Waals surface area contributed by atoms with E-state index >= 15 is 0 Å². The van der Waals surface area contributed by atoms with E-state index in [1.165, 1.54) is 11.3 Å². The van der Waals surface area contributed by atoms with Crippen LogP contribution in [0.1, 0.15) is 6.42 Å². The molecule has 0 radical (unpaired) electrons. The number of aromatic nitrogens is 1. The molecule has 0 saturated carbocycles. The first-order valence-corrected chi connectivity index (χ1v) is 13.0. The van der Waals surface area contributed by atoms with Gasteiger partial charge in [0.15, 0.2) is 0 Å². The minimum Gasteiger partial charge on any atom is -0.396 e. The van der Waals surface area contributed by atoms with E-state index in [0.29, 0.717) is 11.4 Å². The number of nitrogens with two attached hydrogens (primary N) is 1. The van der Waals surface area contributed by atoms with Crippen molar-refractivity contribution in [1.82, 2.24) is 4.98 Å². The largest absolute Gasteiger partial charge is 0.396 e. The summed E-state index contributed by atoms with van der Waals surface area (Å²) < 4.78 is 14.5. The lowest BCUT2D eigenvalue weighted by molar-refractivity contribution is 0.683. The fourth-order valence-corrected chi connectivity index (χ4v) is 7.18. The molecule has 1 atom stereocenters. The van der Waals surface area contributed by atoms with Crippen molar-refractivity contribution in [2.75, 3.05) is 15.9 Å². The van der Waals surface area contributed by atoms with Crippen molar-refractivity contribution in [2.45, 2.75) is 10.6 Å². The van der Waals surface area contributed by atoms with E-state index < -0.39 is 10.8 Å². The van der Waals surface area contributed by atoms with Crippen molar-refractivity contribution < 1.29 is 4.21 Å². The molecule has 27 heavy (non-hydrogen) atoms. The van der Waals surface area contributed by atoms with Gasteiger partial charge in [-0.3, -0.25) is 4.21 Å². The lowest BCUT2D eigenvalue weighted by Crippen LogP contribution is -1.99. The van der Waals surface area contributed by atoms with Crippen molar-refractivity contribution in [1.29, 1.82) is 0 Å². The molecule has 0 amide bonds. The van der Waals surface area contributed by atoms with Gasteiger partial charge in [0.2, 0.25) is 0 Å². The van der Waals surface area contributed by atoms with Gasteiger partial charge in [-0.05, 0) is 35.1 Å². The monoisotopic (exact) mass is 524 g/mol. The zero-order valence-electron chi connectivity index (χ0n) is 14.4. The lowest BCUT2D eigenvalue weighted by Gasteiger charge is -2.08. The van der Waals surface area contributed by atoms with Crippen molar-refractivity contribution in [3.63, 3.8) is 0 Å². The molecule has 4 aromatic rings. The quantitative estimate of drug-likeness (QED) is 0.241. The summed E-state index contributed by atoms with van der Waals surface area (Å²) in [6.07, 6.45) is 0.917. The molecule has 3 nitrogen and oxygen atoms in total. The second-order valence-electron chi connectivity index (χ2n) is 5.97. The Balaban J connectivity index is 1.95. The van der Waals surface area contributed by atoms with Crippen LogP contribution in [0.25, 0.3) is 31.9 Å². The van der Waals surface area contributed by atoms with Crippen LogP contribution in [0.4, 0.5) is 5.69 Å². The predicted molar refractivity (Wildman–Crippen MR) is 128 cm³/mol. The third-order valence-electron chi connectivity index (χ3n) is 4.19. The average Bonchev–Trinajstić information content (AvgIpc) is 3.35. The van der Waals surface area contributed by atoms with Crippen LogP contribution in [0.2, 0.25) is 0 Å². The zero-order chi connectivity index (χ0) is 18.8. The summed E-state index contributed by atoms with van der Waals surface area (Å²) in [5.74, 6) is 0.637. The topological polar surface area (TPSA) is 56.0 Å². The Morgan fingerprint density at radius 2 is 1.96 bits per heavy atom. The van der Waals surface area contributed by atoms with Gasteiger partial charge in [-0.1, -0.05) is 59.0 Å². The first kappa shape index (κ1) is 19.0. The Morgan fingerprint density at radius 1 is 1.15 bits per heavy atom. The fourth-order valence-electron chi connectivity index (χ4n) is 2.94. The highest BCUT2D eigenvalue weighted by Crippen LogP contribution is 2.43. The number of benzene rings is 1. The van der Waals surface area contributed by atoms with Crippen molar-refractivity contribution in [3.8, 4) is 21.7 Å². The number of thiophene rings is 2. The molecular weight excluding hydrogens is 507 g/mol. The van der Waals surface area contributed by atoms with Gasteiger partial charge in [0, 0.05) is 15.6 Å². The van der Waals surface area contributed by atoms with Gasteiger partial charge in [-0.2, -0.15) is 0 Å². The molecule has 0 spiro atoms. The third kappa shape index (κ3) is 3.83. The molecule has 0 fully saturated rings. The first-order chi connectivity index (χ1) is 13.2. The van der Waals surface area contributed by atoms with Crippen LogP contribution in [0.5, 0.6) is 0 Å². The summed E-state index contributed by atoms with van der Waals surface area (Å²) in [5, 5.41) is 2.97. The molecule has 1 unspecified atom stereocenters. The number of nitrogen functional groups attached to an aromatic ring is 1. The first-order valence-electron chi connectivity index (χ1n) is 8.45. The highest BCUT2D eigenvalue weighted by molar-refractivity contribution is 14.1. The number of nitrogens with zero attached hydrogens (tertiary/aromatic N) is 1. The minimum absolute atomic E-state index is 0.617. The van der Waals surface area contributed by atoms with Crippen molar-refractivity contribution in [3.05, 3.63) is 53.9 Å². The van der Waals surface area contributed by atoms with Crippen LogP contribution in [0, 0.1) is 0 Å². The number of alkyl halides is 1. The standard InChI is InChI=1S/C20H17IN2OS3/c21-9-5-11-27(24)20-18(22)17-14(13-6-2-1-3-7-13)12-15(23-19(17)26-20)16-8-4-10-25-16/h1-4,6-8,10,12H,5,9,11,22H2. The van der Waals surface area contributed by atoms with Gasteiger partial charge in [0.05, 0.1) is 27.1 Å². The maximum Gasteiger partial charge on any atom is 0.127 e. The molecule has 0 aliphatic carbocycles. The molecule has 4 rings (SSSR count). The SMILES string of the molecule is Nc1c(S(=O)CCCI)sc2nc(-c3cccs3)cc(-c3ccccc3)c12. The van der Waals surface area contributed by atoms with Crippen molar-refractivity contribution in [2.24, 2.45) is 0 Å². The fraction of sp³-hybridized carbons (Fsp3) is 0.150. The highest BCUT2D eigenvalue weighted by atomic mass is 127. The van der Waals surface area contributed by atoms with Crippen LogP contribution in [-0.2, 0) is 10.8 Å². The van der Waals surface area contributed by atoms with Gasteiger partial charge in [0.25, 0.3) is 0 Å². The molecule has 1 aromatic carbocycles. The van der Waals surface area contributed by atoms with E-state index in [2.05, 4.69) is 52.2 Å². The Bertz CT molecular complexity index is 1090. The molecule has 7 heteroatoms. The van der Waals surface area contributed by atoms with E-state index in [1.54, 1.807) is 11.3 Å². The number of hydrogen-bond donors (Lipinski definition) is 1. The van der Waals surface area contributed by atoms with E-state index in [4.69, 9.17) is 10.7 Å². The number of rotatable bonds is 6. The van der Waals surface area contributed by atoms with Gasteiger partial charge >= 0.3 is 0 Å². The van der Waals surface area contributed by atoms with E-state index in [0.717, 1.165) is 47.0 Å². The summed E-state index contributed by atoms with van der Waals surface area (Å²) in [7, 11) is -1.08. The maximum absolute atomic E-state index is 12.8. The Labute approximate surface area is 182 Å². The third-order valence-corrected chi connectivity index (χ3v) is 8.84. The number of pyridine rings is 1. The summed E-state index contributed by atoms with van der Waals surface area (Å²) >= 11 is 5.45. The summed E-state index contributed by atoms with van der Waals surface area (Å²) in [4.78, 5) is 6.84. The molecule has 2 N–H and O–H groups in total. The summed E-state index contributed by atoms with van der Waals surface area (Å²) in [5.41, 5.74) is 10.2. The number of fused-ring (bicyclic) bond motifs is 1. The summed E-state index contributed by atoms with van der Waals surface area (Å²) in [6, 6.07) is 16.4.